The molecule has 0 aliphatic heterocycles. The molecule has 13 heavy (non-hydrogen) atoms. The fourth-order valence-electron chi connectivity index (χ4n) is 1.89. The van der Waals surface area contributed by atoms with Crippen molar-refractivity contribution >= 4 is 11.6 Å². The van der Waals surface area contributed by atoms with Crippen LogP contribution in [0.1, 0.15) is 44.4 Å². The van der Waals surface area contributed by atoms with E-state index in [1.165, 1.54) is 12.8 Å². The molecular weight excluding hydrogens is 188 g/mol. The van der Waals surface area contributed by atoms with Gasteiger partial charge in [0.15, 0.2) is 0 Å². The van der Waals surface area contributed by atoms with Gasteiger partial charge in [-0.25, -0.2) is 0 Å². The van der Waals surface area contributed by atoms with Gasteiger partial charge in [0.1, 0.15) is 0 Å². The third kappa shape index (κ3) is 2.02. The van der Waals surface area contributed by atoms with Crippen molar-refractivity contribution in [3.63, 3.8) is 0 Å². The standard InChI is InChI=1S/C9H13ClN2O/c1-6-2-4-7(5-3-6)8-11-12-9(10)13-8/h6-7H,2-5H2,1H3. The molecule has 0 saturated heterocycles. The number of rotatable bonds is 1. The summed E-state index contributed by atoms with van der Waals surface area (Å²) in [6.45, 7) is 2.29. The quantitative estimate of drug-likeness (QED) is 0.700. The Morgan fingerprint density at radius 3 is 2.46 bits per heavy atom. The second kappa shape index (κ2) is 3.66. The monoisotopic (exact) mass is 200 g/mol. The van der Waals surface area contributed by atoms with Crippen LogP contribution in [0.25, 0.3) is 0 Å². The van der Waals surface area contributed by atoms with Gasteiger partial charge in [0, 0.05) is 5.92 Å². The minimum atomic E-state index is 0.161. The number of hydrogen-bond acceptors (Lipinski definition) is 3. The zero-order valence-corrected chi connectivity index (χ0v) is 8.42. The first-order valence-corrected chi connectivity index (χ1v) is 5.12. The lowest BCUT2D eigenvalue weighted by molar-refractivity contribution is 0.308. The maximum atomic E-state index is 5.57. The smallest absolute Gasteiger partial charge is 0.312 e. The summed E-state index contributed by atoms with van der Waals surface area (Å²) in [6.07, 6.45) is 4.81. The van der Waals surface area contributed by atoms with Crippen molar-refractivity contribution in [2.24, 2.45) is 5.92 Å². The minimum absolute atomic E-state index is 0.161. The molecule has 0 unspecified atom stereocenters. The maximum Gasteiger partial charge on any atom is 0.312 e. The van der Waals surface area contributed by atoms with Gasteiger partial charge >= 0.3 is 5.35 Å². The van der Waals surface area contributed by atoms with Crippen LogP contribution < -0.4 is 0 Å². The highest BCUT2D eigenvalue weighted by Gasteiger charge is 2.23. The Kier molecular flexibility index (Phi) is 2.54. The van der Waals surface area contributed by atoms with E-state index in [0.29, 0.717) is 5.92 Å². The zero-order chi connectivity index (χ0) is 9.26. The van der Waals surface area contributed by atoms with Gasteiger partial charge in [0.25, 0.3) is 0 Å². The summed E-state index contributed by atoms with van der Waals surface area (Å²) in [5, 5.41) is 7.74. The van der Waals surface area contributed by atoms with Crippen molar-refractivity contribution in [3.05, 3.63) is 11.2 Å². The average Bonchev–Trinajstić information content (AvgIpc) is 2.53. The van der Waals surface area contributed by atoms with Gasteiger partial charge in [0.2, 0.25) is 5.89 Å². The Morgan fingerprint density at radius 2 is 1.92 bits per heavy atom. The van der Waals surface area contributed by atoms with Crippen molar-refractivity contribution in [2.45, 2.75) is 38.5 Å². The minimum Gasteiger partial charge on any atom is -0.412 e. The predicted octanol–water partition coefficient (Wildman–Crippen LogP) is 3.02. The topological polar surface area (TPSA) is 38.9 Å². The first kappa shape index (κ1) is 9.00. The number of nitrogens with zero attached hydrogens (tertiary/aromatic N) is 2. The van der Waals surface area contributed by atoms with E-state index in [9.17, 15) is 0 Å². The maximum absolute atomic E-state index is 5.57. The molecule has 1 aromatic heterocycles. The first-order chi connectivity index (χ1) is 6.25. The third-order valence-corrected chi connectivity index (χ3v) is 2.93. The van der Waals surface area contributed by atoms with E-state index in [0.717, 1.165) is 24.7 Å². The molecule has 2 rings (SSSR count). The molecule has 0 spiro atoms. The zero-order valence-electron chi connectivity index (χ0n) is 7.66. The van der Waals surface area contributed by atoms with Crippen molar-refractivity contribution < 1.29 is 4.42 Å². The van der Waals surface area contributed by atoms with Crippen LogP contribution in [0, 0.1) is 5.92 Å². The van der Waals surface area contributed by atoms with E-state index >= 15 is 0 Å². The fraction of sp³-hybridized carbons (Fsp3) is 0.778. The fourth-order valence-corrected chi connectivity index (χ4v) is 2.00. The first-order valence-electron chi connectivity index (χ1n) is 4.74. The number of aromatic nitrogens is 2. The van der Waals surface area contributed by atoms with Crippen LogP contribution in [0.15, 0.2) is 4.42 Å². The van der Waals surface area contributed by atoms with Crippen molar-refractivity contribution in [3.8, 4) is 0 Å². The van der Waals surface area contributed by atoms with Crippen LogP contribution in [0.3, 0.4) is 0 Å². The van der Waals surface area contributed by atoms with Crippen LogP contribution in [-0.4, -0.2) is 10.2 Å². The second-order valence-electron chi connectivity index (χ2n) is 3.85. The van der Waals surface area contributed by atoms with Gasteiger partial charge < -0.3 is 4.42 Å². The van der Waals surface area contributed by atoms with Gasteiger partial charge in [-0.1, -0.05) is 12.0 Å². The lowest BCUT2D eigenvalue weighted by Crippen LogP contribution is -2.10. The molecule has 1 saturated carbocycles. The molecule has 1 aliphatic rings. The van der Waals surface area contributed by atoms with E-state index in [1.54, 1.807) is 0 Å². The van der Waals surface area contributed by atoms with Gasteiger partial charge in [-0.3, -0.25) is 0 Å². The molecule has 0 radical (unpaired) electrons. The van der Waals surface area contributed by atoms with E-state index in [4.69, 9.17) is 16.0 Å². The van der Waals surface area contributed by atoms with Crippen LogP contribution >= 0.6 is 11.6 Å². The van der Waals surface area contributed by atoms with Crippen molar-refractivity contribution in [1.29, 1.82) is 0 Å². The molecule has 0 amide bonds. The molecule has 1 heterocycles. The Balaban J connectivity index is 2.02. The normalized spacial score (nSPS) is 29.1. The summed E-state index contributed by atoms with van der Waals surface area (Å²) in [5.74, 6) is 2.00. The molecule has 4 heteroatoms. The molecule has 0 bridgehead atoms. The molecule has 0 N–H and O–H groups in total. The van der Waals surface area contributed by atoms with E-state index < -0.39 is 0 Å². The van der Waals surface area contributed by atoms with Gasteiger partial charge in [-0.15, -0.1) is 5.10 Å². The molecule has 1 aromatic rings. The van der Waals surface area contributed by atoms with Gasteiger partial charge in [-0.05, 0) is 43.2 Å². The Hall–Kier alpha value is -0.570. The summed E-state index contributed by atoms with van der Waals surface area (Å²) in [7, 11) is 0. The highest BCUT2D eigenvalue weighted by atomic mass is 35.5. The van der Waals surface area contributed by atoms with Crippen LogP contribution in [0.2, 0.25) is 5.35 Å². The summed E-state index contributed by atoms with van der Waals surface area (Å²) in [4.78, 5) is 0. The Labute approximate surface area is 82.5 Å². The lowest BCUT2D eigenvalue weighted by Gasteiger charge is -2.23. The van der Waals surface area contributed by atoms with Crippen LogP contribution in [-0.2, 0) is 0 Å². The SMILES string of the molecule is CC1CCC(c2nnc(Cl)o2)CC1. The second-order valence-corrected chi connectivity index (χ2v) is 4.17. The Morgan fingerprint density at radius 1 is 1.23 bits per heavy atom. The summed E-state index contributed by atoms with van der Waals surface area (Å²) >= 11 is 5.57. The highest BCUT2D eigenvalue weighted by Crippen LogP contribution is 2.34. The molecule has 1 fully saturated rings. The number of hydrogen-bond donors (Lipinski definition) is 0. The van der Waals surface area contributed by atoms with Crippen molar-refractivity contribution in [1.82, 2.24) is 10.2 Å². The predicted molar refractivity (Wildman–Crippen MR) is 49.7 cm³/mol. The van der Waals surface area contributed by atoms with E-state index in [-0.39, 0.29) is 5.35 Å². The Bertz CT molecular complexity index is 279. The van der Waals surface area contributed by atoms with Gasteiger partial charge in [0.05, 0.1) is 0 Å². The molecule has 1 aliphatic carbocycles. The third-order valence-electron chi connectivity index (χ3n) is 2.78. The van der Waals surface area contributed by atoms with Gasteiger partial charge in [-0.2, -0.15) is 0 Å². The van der Waals surface area contributed by atoms with Crippen molar-refractivity contribution in [2.75, 3.05) is 0 Å². The van der Waals surface area contributed by atoms with Crippen LogP contribution in [0.4, 0.5) is 0 Å². The number of halogens is 1. The summed E-state index contributed by atoms with van der Waals surface area (Å²) in [5.41, 5.74) is 0. The van der Waals surface area contributed by atoms with E-state index in [1.807, 2.05) is 0 Å². The highest BCUT2D eigenvalue weighted by molar-refractivity contribution is 6.27. The molecule has 72 valence electrons. The van der Waals surface area contributed by atoms with E-state index in [2.05, 4.69) is 17.1 Å². The molecule has 3 nitrogen and oxygen atoms in total. The lowest BCUT2D eigenvalue weighted by atomic mass is 9.83. The van der Waals surface area contributed by atoms with Crippen LogP contribution in [0.5, 0.6) is 0 Å². The summed E-state index contributed by atoms with van der Waals surface area (Å²) in [6, 6.07) is 0. The summed E-state index contributed by atoms with van der Waals surface area (Å²) < 4.78 is 5.20. The average molecular weight is 201 g/mol. The molecular formula is C9H13ClN2O. The largest absolute Gasteiger partial charge is 0.412 e. The molecule has 0 aromatic carbocycles. The molecule has 0 atom stereocenters.